The molecule has 0 nitrogen and oxygen atoms in total. The number of fused-ring (bicyclic) bond motifs is 3. The Kier molecular flexibility index (Phi) is 16.4. The van der Waals surface area contributed by atoms with Crippen LogP contribution in [0.1, 0.15) is 81.3 Å². The van der Waals surface area contributed by atoms with Gasteiger partial charge in [0.05, 0.1) is 0 Å². The van der Waals surface area contributed by atoms with E-state index in [4.69, 9.17) is 0 Å². The summed E-state index contributed by atoms with van der Waals surface area (Å²) in [5, 5.41) is 5.55. The van der Waals surface area contributed by atoms with Crippen molar-refractivity contribution >= 4 is 29.0 Å². The van der Waals surface area contributed by atoms with Crippen LogP contribution in [0.4, 0.5) is 0 Å². The minimum Gasteiger partial charge on any atom is -1.00 e. The van der Waals surface area contributed by atoms with E-state index in [2.05, 4.69) is 214 Å². The minimum absolute atomic E-state index is 0. The maximum Gasteiger partial charge on any atom is -1.00 e. The van der Waals surface area contributed by atoms with Gasteiger partial charge in [-0.05, 0) is 24.7 Å². The van der Waals surface area contributed by atoms with Gasteiger partial charge in [0.1, 0.15) is 0 Å². The molecule has 0 fully saturated rings. The minimum atomic E-state index is -0.679. The van der Waals surface area contributed by atoms with E-state index in [1.807, 2.05) is 12.2 Å². The average molecular weight is 865 g/mol. The Bertz CT molecular complexity index is 2310. The molecule has 0 aliphatic heterocycles. The summed E-state index contributed by atoms with van der Waals surface area (Å²) in [7, 11) is 0. The quantitative estimate of drug-likeness (QED) is 0.156. The van der Waals surface area contributed by atoms with Gasteiger partial charge in [0, 0.05) is 0 Å². The average Bonchev–Trinajstić information content (AvgIpc) is 3.87. The van der Waals surface area contributed by atoms with Gasteiger partial charge in [-0.3, -0.25) is 6.08 Å². The first-order valence-corrected chi connectivity index (χ1v) is 22.3. The summed E-state index contributed by atoms with van der Waals surface area (Å²) < 4.78 is 4.87. The second-order valence-electron chi connectivity index (χ2n) is 16.6. The van der Waals surface area contributed by atoms with Crippen molar-refractivity contribution in [1.82, 2.24) is 0 Å². The molecule has 1 aliphatic rings. The molecule has 0 saturated carbocycles. The van der Waals surface area contributed by atoms with Gasteiger partial charge in [-0.1, -0.05) is 75.9 Å². The van der Waals surface area contributed by atoms with Gasteiger partial charge in [-0.25, -0.2) is 12.2 Å². The van der Waals surface area contributed by atoms with Crippen molar-refractivity contribution in [2.75, 3.05) is 0 Å². The zero-order chi connectivity index (χ0) is 39.0. The Morgan fingerprint density at radius 2 is 0.912 bits per heavy atom. The van der Waals surface area contributed by atoms with Crippen LogP contribution in [0.2, 0.25) is 0 Å². The standard InChI is InChI=1S/C23H29.2C13H10.C5H5.2ClH.Zr/c1-14-9-16-11-17-10-15(2)21(23(6,7)8)13-19(17)18(16)12-20(14)22(3,4)5;2*1-11-7-9-13(10-8-11)12-5-3-2-4-6-12;1-2-4-5-3-1;;;/h9-13H,1-8H3;2*1-10H;1-3H,4H2;2*1H;/q-1;;;-1;;;/p-2. The predicted molar refractivity (Wildman–Crippen MR) is 240 cm³/mol. The van der Waals surface area contributed by atoms with E-state index in [-0.39, 0.29) is 35.6 Å². The fraction of sp³-hybridized carbons (Fsp3) is 0.204. The Labute approximate surface area is 365 Å². The first-order valence-electron chi connectivity index (χ1n) is 19.5. The van der Waals surface area contributed by atoms with Gasteiger partial charge in [-0.15, -0.1) is 46.2 Å². The van der Waals surface area contributed by atoms with Crippen molar-refractivity contribution in [2.24, 2.45) is 0 Å². The maximum atomic E-state index is 2.99. The van der Waals surface area contributed by atoms with Gasteiger partial charge in [0.25, 0.3) is 0 Å². The van der Waals surface area contributed by atoms with Crippen molar-refractivity contribution in [3.63, 3.8) is 0 Å². The zero-order valence-corrected chi connectivity index (χ0v) is 38.6. The van der Waals surface area contributed by atoms with Gasteiger partial charge in [0.15, 0.2) is 0 Å². The number of benzene rings is 6. The Balaban J connectivity index is 0.000000220. The SMILES string of the molecule is Cc1cc2[cH-]c3cc(C)c(C(C)(C)C)cc3c2cc1C(C)(C)C.[C-]1=CC=CC1.[CH](=[Zr]=[CH]c1ccc(-c2ccccc2)cc1)c1ccc(-c2ccccc2)cc1.[Cl-].[Cl-]. The van der Waals surface area contributed by atoms with Crippen molar-refractivity contribution in [3.05, 3.63) is 197 Å². The molecule has 0 bridgehead atoms. The van der Waals surface area contributed by atoms with Crippen molar-refractivity contribution in [1.29, 1.82) is 0 Å². The smallest absolute Gasteiger partial charge is 1.00 e. The third kappa shape index (κ3) is 12.2. The molecule has 0 radical (unpaired) electrons. The normalized spacial score (nSPS) is 11.6. The van der Waals surface area contributed by atoms with Crippen LogP contribution >= 0.6 is 0 Å². The number of rotatable bonds is 4. The Morgan fingerprint density at radius 1 is 0.526 bits per heavy atom. The number of halogens is 2. The van der Waals surface area contributed by atoms with Crippen LogP contribution in [-0.2, 0) is 33.1 Å². The number of hydrogen-bond acceptors (Lipinski definition) is 0. The molecule has 1 aliphatic carbocycles. The second-order valence-corrected chi connectivity index (χ2v) is 18.8. The summed E-state index contributed by atoms with van der Waals surface area (Å²) in [5.41, 5.74) is 13.8. The van der Waals surface area contributed by atoms with E-state index in [1.165, 1.54) is 77.2 Å². The van der Waals surface area contributed by atoms with Gasteiger partial charge in [-0.2, -0.15) is 6.08 Å². The number of allylic oxidation sites excluding steroid dienone is 4. The van der Waals surface area contributed by atoms with Crippen LogP contribution in [0.5, 0.6) is 0 Å². The molecule has 0 amide bonds. The molecule has 8 rings (SSSR count). The Hall–Kier alpha value is -4.13. The molecule has 0 saturated heterocycles. The van der Waals surface area contributed by atoms with Gasteiger partial charge in [0.2, 0.25) is 0 Å². The largest absolute Gasteiger partial charge is 1.00 e. The van der Waals surface area contributed by atoms with E-state index in [0.717, 1.165) is 6.42 Å². The van der Waals surface area contributed by atoms with E-state index in [9.17, 15) is 0 Å². The summed E-state index contributed by atoms with van der Waals surface area (Å²) >= 11 is -0.679. The molecule has 292 valence electrons. The third-order valence-electron chi connectivity index (χ3n) is 10.1. The summed E-state index contributed by atoms with van der Waals surface area (Å²) in [4.78, 5) is 0. The molecule has 7 aromatic rings. The fourth-order valence-corrected chi connectivity index (χ4v) is 9.43. The number of hydrogen-bond donors (Lipinski definition) is 0. The predicted octanol–water partition coefficient (Wildman–Crippen LogP) is 8.34. The molecule has 0 heterocycles. The molecule has 0 aromatic heterocycles. The maximum absolute atomic E-state index is 2.99. The van der Waals surface area contributed by atoms with Crippen molar-refractivity contribution < 1.29 is 47.1 Å². The monoisotopic (exact) mass is 862 g/mol. The summed E-state index contributed by atoms with van der Waals surface area (Å²) in [5.74, 6) is 0. The molecule has 0 atom stereocenters. The summed E-state index contributed by atoms with van der Waals surface area (Å²) in [6, 6.07) is 50.8. The van der Waals surface area contributed by atoms with Crippen LogP contribution < -0.4 is 24.8 Å². The number of aryl methyl sites for hydroxylation is 2. The van der Waals surface area contributed by atoms with Crippen LogP contribution in [-0.4, -0.2) is 7.42 Å². The summed E-state index contributed by atoms with van der Waals surface area (Å²) in [6.07, 6.45) is 10.0. The second kappa shape index (κ2) is 20.5. The topological polar surface area (TPSA) is 0 Å². The molecule has 0 N–H and O–H groups in total. The van der Waals surface area contributed by atoms with Crippen LogP contribution in [0.15, 0.2) is 158 Å². The van der Waals surface area contributed by atoms with Crippen LogP contribution in [0.3, 0.4) is 0 Å². The van der Waals surface area contributed by atoms with E-state index >= 15 is 0 Å². The van der Waals surface area contributed by atoms with Crippen molar-refractivity contribution in [3.8, 4) is 22.3 Å². The van der Waals surface area contributed by atoms with Gasteiger partial charge < -0.3 is 24.8 Å². The molecular weight excluding hydrogens is 811 g/mol. The molecule has 0 unspecified atom stereocenters. The third-order valence-corrected chi connectivity index (χ3v) is 12.6. The summed E-state index contributed by atoms with van der Waals surface area (Å²) in [6.45, 7) is 18.3. The molecule has 7 aromatic carbocycles. The van der Waals surface area contributed by atoms with E-state index in [1.54, 1.807) is 0 Å². The fourth-order valence-electron chi connectivity index (χ4n) is 7.33. The van der Waals surface area contributed by atoms with Gasteiger partial charge >= 0.3 is 172 Å². The first kappa shape index (κ1) is 45.6. The van der Waals surface area contributed by atoms with E-state index < -0.39 is 22.3 Å². The van der Waals surface area contributed by atoms with Crippen molar-refractivity contribution in [2.45, 2.75) is 72.6 Å². The Morgan fingerprint density at radius 3 is 1.23 bits per heavy atom. The molecule has 3 heteroatoms. The van der Waals surface area contributed by atoms with Crippen LogP contribution in [0, 0.1) is 19.9 Å². The zero-order valence-electron chi connectivity index (χ0n) is 34.6. The molecular formula is C54H54Cl2Zr-4. The molecule has 0 spiro atoms. The first-order chi connectivity index (χ1) is 26.4. The molecule has 57 heavy (non-hydrogen) atoms. The van der Waals surface area contributed by atoms with E-state index in [0.29, 0.717) is 0 Å². The van der Waals surface area contributed by atoms with Crippen LogP contribution in [0.25, 0.3) is 43.8 Å².